The highest BCUT2D eigenvalue weighted by Gasteiger charge is 2.23. The Morgan fingerprint density at radius 2 is 1.92 bits per heavy atom. The number of nitrogens with one attached hydrogen (secondary N) is 1. The highest BCUT2D eigenvalue weighted by atomic mass is 16.2. The molecule has 0 saturated carbocycles. The highest BCUT2D eigenvalue weighted by molar-refractivity contribution is 5.97. The minimum Gasteiger partial charge on any atom is -0.336 e. The average molecular weight is 336 g/mol. The molecule has 7 nitrogen and oxygen atoms in total. The predicted molar refractivity (Wildman–Crippen MR) is 94.0 cm³/mol. The van der Waals surface area contributed by atoms with Crippen molar-refractivity contribution in [1.82, 2.24) is 30.2 Å². The van der Waals surface area contributed by atoms with Gasteiger partial charge in [0.1, 0.15) is 11.0 Å². The van der Waals surface area contributed by atoms with Gasteiger partial charge < -0.3 is 4.90 Å². The zero-order valence-corrected chi connectivity index (χ0v) is 14.1. The zero-order chi connectivity index (χ0) is 17.2. The third kappa shape index (κ3) is 3.23. The summed E-state index contributed by atoms with van der Waals surface area (Å²) in [6, 6.07) is 9.48. The first-order chi connectivity index (χ1) is 12.2. The molecular weight excluding hydrogens is 316 g/mol. The van der Waals surface area contributed by atoms with E-state index in [0.717, 1.165) is 49.5 Å². The average Bonchev–Trinajstić information content (AvgIpc) is 3.11. The van der Waals surface area contributed by atoms with Gasteiger partial charge in [-0.25, -0.2) is 0 Å². The van der Waals surface area contributed by atoms with Gasteiger partial charge in [-0.05, 0) is 36.8 Å². The number of aromatic nitrogens is 4. The quantitative estimate of drug-likeness (QED) is 0.786. The van der Waals surface area contributed by atoms with E-state index in [1.807, 2.05) is 29.3 Å². The van der Waals surface area contributed by atoms with E-state index in [4.69, 9.17) is 0 Å². The first-order valence-electron chi connectivity index (χ1n) is 8.43. The Balaban J connectivity index is 1.39. The Bertz CT molecular complexity index is 897. The Kier molecular flexibility index (Phi) is 4.15. The van der Waals surface area contributed by atoms with Crippen LogP contribution in [0.1, 0.15) is 21.6 Å². The van der Waals surface area contributed by atoms with Crippen LogP contribution in [-0.2, 0) is 6.54 Å². The molecule has 1 amide bonds. The van der Waals surface area contributed by atoms with Crippen molar-refractivity contribution >= 4 is 16.9 Å². The molecule has 1 aromatic carbocycles. The van der Waals surface area contributed by atoms with E-state index in [9.17, 15) is 4.79 Å². The van der Waals surface area contributed by atoms with Crippen LogP contribution in [-0.4, -0.2) is 62.3 Å². The number of pyridine rings is 1. The molecule has 3 heterocycles. The summed E-state index contributed by atoms with van der Waals surface area (Å²) in [6.45, 7) is 6.08. The molecule has 0 atom stereocenters. The molecule has 1 fully saturated rings. The molecular formula is C18H20N6O. The summed E-state index contributed by atoms with van der Waals surface area (Å²) < 4.78 is 0. The second kappa shape index (κ2) is 6.60. The maximum atomic E-state index is 12.7. The summed E-state index contributed by atoms with van der Waals surface area (Å²) in [5, 5.41) is 10.6. The van der Waals surface area contributed by atoms with Crippen LogP contribution in [0, 0.1) is 6.92 Å². The number of fused-ring (bicyclic) bond motifs is 1. The number of carbonyl (C=O) groups excluding carboxylic acids is 1. The van der Waals surface area contributed by atoms with Crippen LogP contribution in [0.2, 0.25) is 0 Å². The molecule has 7 heteroatoms. The van der Waals surface area contributed by atoms with Crippen molar-refractivity contribution in [2.24, 2.45) is 0 Å². The maximum absolute atomic E-state index is 12.7. The molecule has 0 bridgehead atoms. The fraction of sp³-hybridized carbons (Fsp3) is 0.333. The number of nitrogens with zero attached hydrogens (tertiary/aromatic N) is 5. The van der Waals surface area contributed by atoms with E-state index in [0.29, 0.717) is 5.56 Å². The first-order valence-corrected chi connectivity index (χ1v) is 8.43. The number of aromatic amines is 1. The largest absolute Gasteiger partial charge is 0.336 e. The highest BCUT2D eigenvalue weighted by Crippen LogP contribution is 2.15. The lowest BCUT2D eigenvalue weighted by Gasteiger charge is -2.34. The number of hydrogen-bond acceptors (Lipinski definition) is 5. The predicted octanol–water partition coefficient (Wildman–Crippen LogP) is 1.62. The fourth-order valence-corrected chi connectivity index (χ4v) is 3.16. The van der Waals surface area contributed by atoms with E-state index in [-0.39, 0.29) is 5.91 Å². The summed E-state index contributed by atoms with van der Waals surface area (Å²) in [5.74, 6) is 0.0542. The van der Waals surface area contributed by atoms with Gasteiger partial charge in [-0.3, -0.25) is 14.7 Å². The van der Waals surface area contributed by atoms with Gasteiger partial charge in [0.25, 0.3) is 5.91 Å². The summed E-state index contributed by atoms with van der Waals surface area (Å²) in [4.78, 5) is 21.4. The van der Waals surface area contributed by atoms with Crippen LogP contribution in [0.15, 0.2) is 36.5 Å². The number of hydrogen-bond donors (Lipinski definition) is 1. The monoisotopic (exact) mass is 336 g/mol. The Labute approximate surface area is 145 Å². The molecule has 0 aliphatic carbocycles. The van der Waals surface area contributed by atoms with Crippen LogP contribution < -0.4 is 0 Å². The molecule has 128 valence electrons. The summed E-state index contributed by atoms with van der Waals surface area (Å²) in [5.41, 5.74) is 4.47. The van der Waals surface area contributed by atoms with Crippen LogP contribution in [0.3, 0.4) is 0 Å². The molecule has 2 aromatic heterocycles. The zero-order valence-electron chi connectivity index (χ0n) is 14.1. The van der Waals surface area contributed by atoms with Gasteiger partial charge in [-0.15, -0.1) is 0 Å². The minimum absolute atomic E-state index is 0.0542. The third-order valence-corrected chi connectivity index (χ3v) is 4.71. The number of amides is 1. The minimum atomic E-state index is 0.0542. The van der Waals surface area contributed by atoms with Gasteiger partial charge in [0.05, 0.1) is 5.69 Å². The first kappa shape index (κ1) is 15.7. The van der Waals surface area contributed by atoms with E-state index in [2.05, 4.69) is 38.3 Å². The van der Waals surface area contributed by atoms with Crippen LogP contribution in [0.5, 0.6) is 0 Å². The Morgan fingerprint density at radius 1 is 1.12 bits per heavy atom. The molecule has 4 rings (SSSR count). The van der Waals surface area contributed by atoms with Gasteiger partial charge in [-0.2, -0.15) is 15.4 Å². The second-order valence-electron chi connectivity index (χ2n) is 6.36. The number of rotatable bonds is 3. The number of aryl methyl sites for hydroxylation is 1. The number of piperazine rings is 1. The van der Waals surface area contributed by atoms with Gasteiger partial charge in [0.2, 0.25) is 0 Å². The van der Waals surface area contributed by atoms with Gasteiger partial charge in [-0.1, -0.05) is 6.07 Å². The summed E-state index contributed by atoms with van der Waals surface area (Å²) in [6.07, 6.45) is 1.84. The second-order valence-corrected chi connectivity index (χ2v) is 6.36. The van der Waals surface area contributed by atoms with E-state index >= 15 is 0 Å². The van der Waals surface area contributed by atoms with Crippen molar-refractivity contribution in [2.75, 3.05) is 26.2 Å². The van der Waals surface area contributed by atoms with Crippen molar-refractivity contribution in [3.63, 3.8) is 0 Å². The molecule has 25 heavy (non-hydrogen) atoms. The molecule has 0 unspecified atom stereocenters. The number of carbonyl (C=O) groups is 1. The van der Waals surface area contributed by atoms with Crippen LogP contribution in [0.4, 0.5) is 0 Å². The van der Waals surface area contributed by atoms with Crippen molar-refractivity contribution < 1.29 is 4.79 Å². The molecule has 1 N–H and O–H groups in total. The molecule has 0 spiro atoms. The lowest BCUT2D eigenvalue weighted by molar-refractivity contribution is 0.0627. The third-order valence-electron chi connectivity index (χ3n) is 4.71. The van der Waals surface area contributed by atoms with E-state index in [1.54, 1.807) is 6.07 Å². The summed E-state index contributed by atoms with van der Waals surface area (Å²) >= 11 is 0. The molecule has 1 aliphatic heterocycles. The lowest BCUT2D eigenvalue weighted by atomic mass is 10.1. The van der Waals surface area contributed by atoms with Gasteiger partial charge in [0, 0.05) is 44.5 Å². The maximum Gasteiger partial charge on any atom is 0.254 e. The Morgan fingerprint density at radius 3 is 2.72 bits per heavy atom. The molecule has 1 aliphatic rings. The lowest BCUT2D eigenvalue weighted by Crippen LogP contribution is -2.48. The normalized spacial score (nSPS) is 15.6. The van der Waals surface area contributed by atoms with Crippen molar-refractivity contribution in [3.8, 4) is 0 Å². The van der Waals surface area contributed by atoms with Crippen molar-refractivity contribution in [2.45, 2.75) is 13.5 Å². The Hall–Kier alpha value is -2.80. The van der Waals surface area contributed by atoms with Crippen molar-refractivity contribution in [3.05, 3.63) is 53.3 Å². The SMILES string of the molecule is Cc1cccnc1CN1CCN(C(=O)c2ccc3n[nH]nc3c2)CC1. The molecule has 0 radical (unpaired) electrons. The van der Waals surface area contributed by atoms with E-state index in [1.165, 1.54) is 5.56 Å². The topological polar surface area (TPSA) is 78.0 Å². The van der Waals surface area contributed by atoms with Gasteiger partial charge in [0.15, 0.2) is 0 Å². The van der Waals surface area contributed by atoms with E-state index < -0.39 is 0 Å². The van der Waals surface area contributed by atoms with Crippen molar-refractivity contribution in [1.29, 1.82) is 0 Å². The fourth-order valence-electron chi connectivity index (χ4n) is 3.16. The number of H-pyrrole nitrogens is 1. The van der Waals surface area contributed by atoms with Crippen LogP contribution >= 0.6 is 0 Å². The molecule has 1 saturated heterocycles. The number of benzene rings is 1. The van der Waals surface area contributed by atoms with Gasteiger partial charge >= 0.3 is 0 Å². The standard InChI is InChI=1S/C18H20N6O/c1-13-3-2-6-19-17(13)12-23-7-9-24(10-8-23)18(25)14-4-5-15-16(11-14)21-22-20-15/h2-6,11H,7-10,12H2,1H3,(H,20,21,22). The summed E-state index contributed by atoms with van der Waals surface area (Å²) in [7, 11) is 0. The van der Waals surface area contributed by atoms with Crippen LogP contribution in [0.25, 0.3) is 11.0 Å². The molecule has 3 aromatic rings. The smallest absolute Gasteiger partial charge is 0.254 e.